The standard InChI is InChI=1S/C29H33N5O5/c1-16(2)12-22(33(3)26(36)21-13-17-19(31-21)10-7-11-24(17)39-4)27(37)34-15-29(14-23(34)25(30)35)18-8-5-6-9-20(18)32-28(29)38/h5-11,13,16,22-23,31H,12,14-15H2,1-4H3,(H2,30,35)(H,32,38)/t22-,23-,29-/m0/s1. The molecule has 0 saturated carbocycles. The Labute approximate surface area is 226 Å². The number of benzene rings is 2. The van der Waals surface area contributed by atoms with Gasteiger partial charge in [-0.3, -0.25) is 19.2 Å². The quantitative estimate of drug-likeness (QED) is 0.430. The number of hydrogen-bond acceptors (Lipinski definition) is 5. The third-order valence-electron chi connectivity index (χ3n) is 7.94. The molecule has 3 atom stereocenters. The Morgan fingerprint density at radius 2 is 1.92 bits per heavy atom. The number of nitrogens with one attached hydrogen (secondary N) is 2. The van der Waals surface area contributed by atoms with Gasteiger partial charge in [0, 0.05) is 30.2 Å². The van der Waals surface area contributed by atoms with Crippen LogP contribution in [0.1, 0.15) is 42.7 Å². The number of carbonyl (C=O) groups excluding carboxylic acids is 4. The maximum atomic E-state index is 14.2. The van der Waals surface area contributed by atoms with Gasteiger partial charge in [-0.25, -0.2) is 0 Å². The van der Waals surface area contributed by atoms with E-state index in [0.717, 1.165) is 16.5 Å². The van der Waals surface area contributed by atoms with Crippen LogP contribution in [-0.2, 0) is 19.8 Å². The van der Waals surface area contributed by atoms with Gasteiger partial charge in [0.15, 0.2) is 0 Å². The summed E-state index contributed by atoms with van der Waals surface area (Å²) in [5, 5.41) is 3.64. The molecule has 0 bridgehead atoms. The maximum Gasteiger partial charge on any atom is 0.270 e. The highest BCUT2D eigenvalue weighted by molar-refractivity contribution is 6.08. The molecule has 3 aromatic rings. The van der Waals surface area contributed by atoms with Crippen molar-refractivity contribution in [1.82, 2.24) is 14.8 Å². The minimum absolute atomic E-state index is 0.00248. The SMILES string of the molecule is COc1cccc2[nH]c(C(=O)N(C)[C@@H](CC(C)C)C(=O)N3C[C@]4(C[C@H]3C(N)=O)C(=O)Nc3ccccc34)cc12. The van der Waals surface area contributed by atoms with E-state index in [4.69, 9.17) is 10.5 Å². The fraction of sp³-hybridized carbons (Fsp3) is 0.379. The number of likely N-dealkylation sites (tertiary alicyclic amines) is 1. The summed E-state index contributed by atoms with van der Waals surface area (Å²) >= 11 is 0. The molecule has 1 fully saturated rings. The molecular formula is C29H33N5O5. The lowest BCUT2D eigenvalue weighted by Crippen LogP contribution is -2.54. The molecule has 4 amide bonds. The highest BCUT2D eigenvalue weighted by Gasteiger charge is 2.57. The van der Waals surface area contributed by atoms with E-state index in [2.05, 4.69) is 10.3 Å². The van der Waals surface area contributed by atoms with E-state index in [1.165, 1.54) is 9.80 Å². The fourth-order valence-electron chi connectivity index (χ4n) is 5.94. The largest absolute Gasteiger partial charge is 0.496 e. The van der Waals surface area contributed by atoms with E-state index in [-0.39, 0.29) is 30.7 Å². The van der Waals surface area contributed by atoms with Crippen molar-refractivity contribution in [1.29, 1.82) is 0 Å². The van der Waals surface area contributed by atoms with Gasteiger partial charge in [0.25, 0.3) is 5.91 Å². The highest BCUT2D eigenvalue weighted by Crippen LogP contribution is 2.46. The molecule has 2 aliphatic heterocycles. The van der Waals surface area contributed by atoms with Gasteiger partial charge >= 0.3 is 0 Å². The lowest BCUT2D eigenvalue weighted by Gasteiger charge is -2.33. The molecule has 204 valence electrons. The summed E-state index contributed by atoms with van der Waals surface area (Å²) in [6.45, 7) is 3.93. The minimum Gasteiger partial charge on any atom is -0.496 e. The number of methoxy groups -OCH3 is 1. The number of para-hydroxylation sites is 1. The number of amides is 4. The average Bonchev–Trinajstić information content (AvgIpc) is 3.60. The molecule has 1 spiro atoms. The predicted octanol–water partition coefficient (Wildman–Crippen LogP) is 2.64. The van der Waals surface area contributed by atoms with Gasteiger partial charge in [-0.15, -0.1) is 0 Å². The first kappa shape index (κ1) is 26.3. The van der Waals surface area contributed by atoms with Crippen molar-refractivity contribution in [2.24, 2.45) is 11.7 Å². The summed E-state index contributed by atoms with van der Waals surface area (Å²) in [4.78, 5) is 59.6. The van der Waals surface area contributed by atoms with Crippen molar-refractivity contribution < 1.29 is 23.9 Å². The molecule has 1 aromatic heterocycles. The molecule has 5 rings (SSSR count). The van der Waals surface area contributed by atoms with Gasteiger partial charge < -0.3 is 30.6 Å². The average molecular weight is 532 g/mol. The normalized spacial score (nSPS) is 20.8. The third kappa shape index (κ3) is 4.29. The van der Waals surface area contributed by atoms with Crippen LogP contribution in [0.2, 0.25) is 0 Å². The predicted molar refractivity (Wildman–Crippen MR) is 146 cm³/mol. The van der Waals surface area contributed by atoms with Crippen molar-refractivity contribution in [3.05, 3.63) is 59.8 Å². The summed E-state index contributed by atoms with van der Waals surface area (Å²) in [5.41, 5.74) is 7.16. The van der Waals surface area contributed by atoms with Gasteiger partial charge in [-0.1, -0.05) is 38.1 Å². The summed E-state index contributed by atoms with van der Waals surface area (Å²) in [6.07, 6.45) is 0.452. The van der Waals surface area contributed by atoms with Gasteiger partial charge in [-0.05, 0) is 48.6 Å². The first-order chi connectivity index (χ1) is 18.6. The molecule has 3 heterocycles. The van der Waals surface area contributed by atoms with Crippen molar-refractivity contribution in [3.8, 4) is 5.75 Å². The summed E-state index contributed by atoms with van der Waals surface area (Å²) in [6, 6.07) is 12.6. The van der Waals surface area contributed by atoms with Crippen LogP contribution < -0.4 is 15.8 Å². The van der Waals surface area contributed by atoms with Crippen LogP contribution in [0.15, 0.2) is 48.5 Å². The van der Waals surface area contributed by atoms with Crippen LogP contribution in [0.25, 0.3) is 10.9 Å². The molecule has 10 nitrogen and oxygen atoms in total. The molecule has 2 aromatic carbocycles. The number of rotatable bonds is 7. The van der Waals surface area contributed by atoms with Gasteiger partial charge in [0.05, 0.1) is 12.5 Å². The second-order valence-corrected chi connectivity index (χ2v) is 10.8. The Morgan fingerprint density at radius 3 is 2.62 bits per heavy atom. The third-order valence-corrected chi connectivity index (χ3v) is 7.94. The van der Waals surface area contributed by atoms with E-state index in [9.17, 15) is 19.2 Å². The van der Waals surface area contributed by atoms with E-state index < -0.39 is 29.3 Å². The molecule has 4 N–H and O–H groups in total. The number of hydrogen-bond donors (Lipinski definition) is 3. The van der Waals surface area contributed by atoms with Crippen molar-refractivity contribution in [2.75, 3.05) is 26.0 Å². The number of anilines is 1. The monoisotopic (exact) mass is 531 g/mol. The van der Waals surface area contributed by atoms with Crippen LogP contribution in [0.3, 0.4) is 0 Å². The summed E-state index contributed by atoms with van der Waals surface area (Å²) in [5.74, 6) is -1.04. The molecular weight excluding hydrogens is 498 g/mol. The Bertz CT molecular complexity index is 1480. The number of ether oxygens (including phenoxy) is 1. The van der Waals surface area contributed by atoms with Crippen molar-refractivity contribution in [2.45, 2.75) is 44.2 Å². The number of fused-ring (bicyclic) bond motifs is 3. The van der Waals surface area contributed by atoms with Gasteiger partial charge in [0.1, 0.15) is 23.5 Å². The first-order valence-electron chi connectivity index (χ1n) is 13.0. The summed E-state index contributed by atoms with van der Waals surface area (Å²) in [7, 11) is 3.15. The van der Waals surface area contributed by atoms with Crippen LogP contribution in [0.4, 0.5) is 5.69 Å². The fourth-order valence-corrected chi connectivity index (χ4v) is 5.94. The Morgan fingerprint density at radius 1 is 1.18 bits per heavy atom. The van der Waals surface area contributed by atoms with Crippen LogP contribution in [0, 0.1) is 5.92 Å². The maximum absolute atomic E-state index is 14.2. The number of carbonyl (C=O) groups is 4. The molecule has 0 radical (unpaired) electrons. The van der Waals surface area contributed by atoms with Gasteiger partial charge in [-0.2, -0.15) is 0 Å². The molecule has 2 aliphatic rings. The Kier molecular flexibility index (Phi) is 6.57. The Hall–Kier alpha value is -4.34. The number of aromatic amines is 1. The van der Waals surface area contributed by atoms with E-state index >= 15 is 0 Å². The number of nitrogens with zero attached hydrogens (tertiary/aromatic N) is 2. The topological polar surface area (TPSA) is 138 Å². The van der Waals surface area contributed by atoms with Crippen molar-refractivity contribution >= 4 is 40.2 Å². The zero-order valence-corrected chi connectivity index (χ0v) is 22.5. The summed E-state index contributed by atoms with van der Waals surface area (Å²) < 4.78 is 5.42. The van der Waals surface area contributed by atoms with Crippen LogP contribution in [-0.4, -0.2) is 71.2 Å². The minimum atomic E-state index is -1.08. The zero-order chi connectivity index (χ0) is 28.1. The second kappa shape index (κ2) is 9.76. The Balaban J connectivity index is 1.48. The molecule has 10 heteroatoms. The number of aromatic nitrogens is 1. The lowest BCUT2D eigenvalue weighted by molar-refractivity contribution is -0.141. The second-order valence-electron chi connectivity index (χ2n) is 10.8. The molecule has 1 saturated heterocycles. The number of primary amides is 1. The zero-order valence-electron chi connectivity index (χ0n) is 22.5. The highest BCUT2D eigenvalue weighted by atomic mass is 16.5. The van der Waals surface area contributed by atoms with Crippen molar-refractivity contribution in [3.63, 3.8) is 0 Å². The number of likely N-dealkylation sites (N-methyl/N-ethyl adjacent to an activating group) is 1. The lowest BCUT2D eigenvalue weighted by atomic mass is 9.79. The first-order valence-corrected chi connectivity index (χ1v) is 13.0. The van der Waals surface area contributed by atoms with E-state index in [1.54, 1.807) is 26.3 Å². The number of nitrogens with two attached hydrogens (primary N) is 1. The smallest absolute Gasteiger partial charge is 0.270 e. The molecule has 39 heavy (non-hydrogen) atoms. The molecule has 0 aliphatic carbocycles. The van der Waals surface area contributed by atoms with Crippen LogP contribution >= 0.6 is 0 Å². The van der Waals surface area contributed by atoms with Crippen LogP contribution in [0.5, 0.6) is 5.75 Å². The number of H-pyrrole nitrogens is 1. The molecule has 0 unspecified atom stereocenters. The van der Waals surface area contributed by atoms with E-state index in [0.29, 0.717) is 23.6 Å². The van der Waals surface area contributed by atoms with E-state index in [1.807, 2.05) is 50.2 Å². The van der Waals surface area contributed by atoms with Gasteiger partial charge in [0.2, 0.25) is 17.7 Å².